The average Bonchev–Trinajstić information content (AvgIpc) is 3.32. The summed E-state index contributed by atoms with van der Waals surface area (Å²) in [6.07, 6.45) is 2.50. The Morgan fingerprint density at radius 3 is 2.50 bits per heavy atom. The summed E-state index contributed by atoms with van der Waals surface area (Å²) >= 11 is 1.17. The molecule has 2 aromatic heterocycles. The van der Waals surface area contributed by atoms with Gasteiger partial charge < -0.3 is 10.0 Å². The highest BCUT2D eigenvalue weighted by atomic mass is 32.2. The Morgan fingerprint density at radius 1 is 1.27 bits per heavy atom. The van der Waals surface area contributed by atoms with Crippen LogP contribution < -0.4 is 0 Å². The maximum absolute atomic E-state index is 12.6. The van der Waals surface area contributed by atoms with Gasteiger partial charge in [-0.1, -0.05) is 6.07 Å². The first-order chi connectivity index (χ1) is 12.3. The van der Waals surface area contributed by atoms with E-state index in [1.54, 1.807) is 29.3 Å². The van der Waals surface area contributed by atoms with Gasteiger partial charge in [0.1, 0.15) is 10.3 Å². The Labute approximate surface area is 154 Å². The number of carboxylic acids is 1. The number of carbonyl (C=O) groups is 2. The molecule has 1 aliphatic heterocycles. The summed E-state index contributed by atoms with van der Waals surface area (Å²) in [6, 6.07) is 2.59. The number of aromatic carboxylic acids is 1. The van der Waals surface area contributed by atoms with Crippen molar-refractivity contribution in [1.82, 2.24) is 19.0 Å². The highest BCUT2D eigenvalue weighted by Gasteiger charge is 2.32. The van der Waals surface area contributed by atoms with E-state index in [0.29, 0.717) is 4.21 Å². The number of piperazine rings is 1. The molecule has 1 N–H and O–H groups in total. The number of hydrogen-bond acceptors (Lipinski definition) is 6. The zero-order valence-corrected chi connectivity index (χ0v) is 15.6. The van der Waals surface area contributed by atoms with Crippen LogP contribution in [0.2, 0.25) is 0 Å². The molecule has 3 heterocycles. The highest BCUT2D eigenvalue weighted by Crippen LogP contribution is 2.22. The van der Waals surface area contributed by atoms with Crippen LogP contribution in [0.15, 0.2) is 34.1 Å². The van der Waals surface area contributed by atoms with E-state index in [2.05, 4.69) is 5.10 Å². The second-order valence-electron chi connectivity index (χ2n) is 5.85. The number of sulfonamides is 1. The molecule has 1 aliphatic rings. The van der Waals surface area contributed by atoms with Crippen molar-refractivity contribution in [1.29, 1.82) is 0 Å². The van der Waals surface area contributed by atoms with Crippen LogP contribution in [-0.4, -0.2) is 70.6 Å². The third kappa shape index (κ3) is 3.50. The van der Waals surface area contributed by atoms with Crippen LogP contribution in [-0.2, 0) is 14.8 Å². The molecule has 1 unspecified atom stereocenters. The molecule has 2 aromatic rings. The third-order valence-corrected chi connectivity index (χ3v) is 7.51. The largest absolute Gasteiger partial charge is 0.478 e. The lowest BCUT2D eigenvalue weighted by Gasteiger charge is -2.35. The molecule has 1 atom stereocenters. The minimum Gasteiger partial charge on any atom is -0.478 e. The predicted octanol–water partition coefficient (Wildman–Crippen LogP) is 0.737. The van der Waals surface area contributed by atoms with E-state index in [9.17, 15) is 18.0 Å². The summed E-state index contributed by atoms with van der Waals surface area (Å²) < 4.78 is 28.0. The Hall–Kier alpha value is -2.24. The number of thiophene rings is 1. The molecule has 0 saturated carbocycles. The topological polar surface area (TPSA) is 113 Å². The quantitative estimate of drug-likeness (QED) is 0.795. The van der Waals surface area contributed by atoms with E-state index in [0.717, 1.165) is 0 Å². The van der Waals surface area contributed by atoms with Crippen molar-refractivity contribution in [2.45, 2.75) is 17.2 Å². The molecule has 1 fully saturated rings. The lowest BCUT2D eigenvalue weighted by molar-refractivity contribution is -0.135. The number of carboxylic acid groups (broad SMARTS) is 1. The van der Waals surface area contributed by atoms with Gasteiger partial charge in [0.05, 0.1) is 11.8 Å². The number of hydrogen-bond donors (Lipinski definition) is 1. The van der Waals surface area contributed by atoms with Gasteiger partial charge in [-0.25, -0.2) is 13.2 Å². The van der Waals surface area contributed by atoms with Crippen LogP contribution in [0.25, 0.3) is 0 Å². The van der Waals surface area contributed by atoms with Gasteiger partial charge in [0.15, 0.2) is 0 Å². The van der Waals surface area contributed by atoms with E-state index in [1.807, 2.05) is 0 Å². The Morgan fingerprint density at radius 2 is 1.96 bits per heavy atom. The third-order valence-electron chi connectivity index (χ3n) is 4.24. The average molecular weight is 398 g/mol. The summed E-state index contributed by atoms with van der Waals surface area (Å²) in [6.45, 7) is 2.63. The number of rotatable bonds is 5. The van der Waals surface area contributed by atoms with Crippen molar-refractivity contribution < 1.29 is 23.1 Å². The molecule has 140 valence electrons. The first kappa shape index (κ1) is 18.5. The summed E-state index contributed by atoms with van der Waals surface area (Å²) in [5, 5.41) is 14.6. The van der Waals surface area contributed by atoms with Gasteiger partial charge >= 0.3 is 5.97 Å². The normalized spacial score (nSPS) is 17.2. The van der Waals surface area contributed by atoms with Crippen LogP contribution in [0.1, 0.15) is 23.3 Å². The van der Waals surface area contributed by atoms with Gasteiger partial charge in [-0.2, -0.15) is 9.40 Å². The molecular formula is C15H18N4O5S2. The fraction of sp³-hybridized carbons (Fsp3) is 0.400. The zero-order chi connectivity index (χ0) is 18.9. The van der Waals surface area contributed by atoms with Gasteiger partial charge in [-0.15, -0.1) is 11.3 Å². The standard InChI is InChI=1S/C15H18N4O5S2/c1-11(19-10-12(9-16-19)15(21)22)14(20)17-4-6-18(7-5-17)26(23,24)13-3-2-8-25-13/h2-3,8-11H,4-7H2,1H3,(H,21,22). The number of amides is 1. The Kier molecular flexibility index (Phi) is 5.12. The molecule has 0 radical (unpaired) electrons. The zero-order valence-electron chi connectivity index (χ0n) is 14.0. The number of aromatic nitrogens is 2. The van der Waals surface area contributed by atoms with Crippen molar-refractivity contribution in [3.8, 4) is 0 Å². The van der Waals surface area contributed by atoms with Gasteiger partial charge in [0.2, 0.25) is 5.91 Å². The van der Waals surface area contributed by atoms with Gasteiger partial charge in [-0.3, -0.25) is 9.48 Å². The van der Waals surface area contributed by atoms with Crippen LogP contribution in [0, 0.1) is 0 Å². The second kappa shape index (κ2) is 7.17. The van der Waals surface area contributed by atoms with Crippen LogP contribution in [0.4, 0.5) is 0 Å². The molecule has 26 heavy (non-hydrogen) atoms. The Bertz CT molecular complexity index is 898. The predicted molar refractivity (Wildman–Crippen MR) is 93.6 cm³/mol. The van der Waals surface area contributed by atoms with Gasteiger partial charge in [-0.05, 0) is 18.4 Å². The lowest BCUT2D eigenvalue weighted by Crippen LogP contribution is -2.51. The molecule has 9 nitrogen and oxygen atoms in total. The maximum Gasteiger partial charge on any atom is 0.338 e. The molecule has 0 bridgehead atoms. The molecule has 0 aromatic carbocycles. The van der Waals surface area contributed by atoms with Crippen LogP contribution in [0.3, 0.4) is 0 Å². The number of carbonyl (C=O) groups excluding carboxylic acids is 1. The monoisotopic (exact) mass is 398 g/mol. The smallest absolute Gasteiger partial charge is 0.338 e. The molecule has 0 aliphatic carbocycles. The van der Waals surface area contributed by atoms with Crippen LogP contribution >= 0.6 is 11.3 Å². The summed E-state index contributed by atoms with van der Waals surface area (Å²) in [7, 11) is -3.52. The molecule has 1 saturated heterocycles. The van der Waals surface area contributed by atoms with E-state index in [1.165, 1.54) is 32.7 Å². The van der Waals surface area contributed by atoms with Crippen molar-refractivity contribution in [3.05, 3.63) is 35.5 Å². The van der Waals surface area contributed by atoms with E-state index < -0.39 is 22.0 Å². The van der Waals surface area contributed by atoms with Crippen molar-refractivity contribution in [3.63, 3.8) is 0 Å². The van der Waals surface area contributed by atoms with Crippen molar-refractivity contribution >= 4 is 33.2 Å². The van der Waals surface area contributed by atoms with E-state index in [-0.39, 0.29) is 37.6 Å². The Balaban J connectivity index is 1.64. The molecule has 1 amide bonds. The molecular weight excluding hydrogens is 380 g/mol. The van der Waals surface area contributed by atoms with Gasteiger partial charge in [0, 0.05) is 32.4 Å². The number of nitrogens with zero attached hydrogens (tertiary/aromatic N) is 4. The summed E-state index contributed by atoms with van der Waals surface area (Å²) in [5.41, 5.74) is 0.0107. The summed E-state index contributed by atoms with van der Waals surface area (Å²) in [4.78, 5) is 25.1. The fourth-order valence-electron chi connectivity index (χ4n) is 2.72. The van der Waals surface area contributed by atoms with E-state index >= 15 is 0 Å². The highest BCUT2D eigenvalue weighted by molar-refractivity contribution is 7.91. The van der Waals surface area contributed by atoms with Crippen molar-refractivity contribution in [2.24, 2.45) is 0 Å². The SMILES string of the molecule is CC(C(=O)N1CCN(S(=O)(=O)c2cccs2)CC1)n1cc(C(=O)O)cn1. The minimum absolute atomic E-state index is 0.0107. The lowest BCUT2D eigenvalue weighted by atomic mass is 10.2. The van der Waals surface area contributed by atoms with E-state index in [4.69, 9.17) is 5.11 Å². The fourth-order valence-corrected chi connectivity index (χ4v) is 5.29. The van der Waals surface area contributed by atoms with Gasteiger partial charge in [0.25, 0.3) is 10.0 Å². The second-order valence-corrected chi connectivity index (χ2v) is 8.96. The minimum atomic E-state index is -3.52. The first-order valence-electron chi connectivity index (χ1n) is 7.90. The summed E-state index contributed by atoms with van der Waals surface area (Å²) in [5.74, 6) is -1.33. The maximum atomic E-state index is 12.6. The van der Waals surface area contributed by atoms with Crippen LogP contribution in [0.5, 0.6) is 0 Å². The molecule has 11 heteroatoms. The molecule has 3 rings (SSSR count). The molecule has 0 spiro atoms. The first-order valence-corrected chi connectivity index (χ1v) is 10.2. The van der Waals surface area contributed by atoms with Crippen molar-refractivity contribution in [2.75, 3.05) is 26.2 Å².